The van der Waals surface area contributed by atoms with Crippen LogP contribution in [-0.2, 0) is 14.4 Å². The van der Waals surface area contributed by atoms with E-state index in [1.165, 1.54) is 73.9 Å². The Morgan fingerprint density at radius 1 is 0.521 bits per heavy atom. The molecule has 19 heteroatoms. The van der Waals surface area contributed by atoms with Crippen LogP contribution in [0.5, 0.6) is 5.75 Å². The summed E-state index contributed by atoms with van der Waals surface area (Å²) < 4.78 is 44.2. The number of benzene rings is 4. The maximum absolute atomic E-state index is 13.2. The fourth-order valence-electron chi connectivity index (χ4n) is 10.6. The smallest absolute Gasteiger partial charge is 0.410 e. The largest absolute Gasteiger partial charge is 0.417 e. The third-order valence-electron chi connectivity index (χ3n) is 14.2. The number of para-hydroxylation sites is 1. The molecule has 6 atom stereocenters. The number of fused-ring (bicyclic) bond motifs is 3. The molecule has 3 aliphatic carbocycles. The van der Waals surface area contributed by atoms with Gasteiger partial charge in [-0.25, -0.2) is 27.6 Å². The van der Waals surface area contributed by atoms with Crippen molar-refractivity contribution in [3.8, 4) is 5.75 Å². The Morgan fingerprint density at radius 2 is 0.932 bits per heavy atom. The summed E-state index contributed by atoms with van der Waals surface area (Å²) in [5.74, 6) is 0.228. The number of urea groups is 2. The van der Waals surface area contributed by atoms with Gasteiger partial charge in [0.05, 0.1) is 15.1 Å². The number of hydrogen-bond donors (Lipinski definition) is 4. The van der Waals surface area contributed by atoms with Crippen LogP contribution in [-0.4, -0.2) is 83.1 Å². The van der Waals surface area contributed by atoms with E-state index >= 15 is 0 Å². The van der Waals surface area contributed by atoms with E-state index in [1.54, 1.807) is 34.1 Å². The molecule has 13 nitrogen and oxygen atoms in total. The molecule has 6 fully saturated rings. The maximum atomic E-state index is 13.2. The highest BCUT2D eigenvalue weighted by Gasteiger charge is 2.42. The summed E-state index contributed by atoms with van der Waals surface area (Å²) >= 11 is 17.0. The van der Waals surface area contributed by atoms with Gasteiger partial charge in [-0.3, -0.25) is 19.7 Å². The number of piperidine rings is 3. The Labute approximate surface area is 438 Å². The minimum Gasteiger partial charge on any atom is -0.410 e. The number of ketones is 3. The van der Waals surface area contributed by atoms with Gasteiger partial charge in [0.25, 0.3) is 0 Å². The van der Waals surface area contributed by atoms with Crippen LogP contribution >= 0.6 is 34.8 Å². The van der Waals surface area contributed by atoms with Crippen molar-refractivity contribution in [3.05, 3.63) is 117 Å². The molecule has 3 aliphatic heterocycles. The average Bonchev–Trinajstić information content (AvgIpc) is 3.39. The first-order valence-corrected chi connectivity index (χ1v) is 26.1. The standard InChI is InChI=1S/2C16H18ClFN2O2.C13H9ClFNO2.C9H15NO/c2*17-12-9-10(5-6-13(12)18)19-16(22)20-8-7-15(21)11-3-1-2-4-14(11)20;14-11-8-9(6-7-12(11)15)16-13(17)18-10-4-2-1-3-5-10;11-9-5-6-10-8-4-2-1-3-7(8)9/h2*5-6,9,11,14H,1-4,7-8H2,(H,19,22);1-8H,(H,16,17);7-8,10H,1-6H2/t11-,14+;11-,14-;;/m00../s1. The van der Waals surface area contributed by atoms with Gasteiger partial charge in [-0.2, -0.15) is 0 Å². The molecule has 3 heterocycles. The van der Waals surface area contributed by atoms with Gasteiger partial charge < -0.3 is 30.5 Å². The van der Waals surface area contributed by atoms with E-state index in [0.717, 1.165) is 70.8 Å². The molecule has 390 valence electrons. The first-order chi connectivity index (χ1) is 35.1. The number of ether oxygens (including phenoxy) is 1. The zero-order chi connectivity index (χ0) is 52.0. The van der Waals surface area contributed by atoms with Crippen LogP contribution in [0, 0.1) is 35.2 Å². The van der Waals surface area contributed by atoms with Crippen LogP contribution in [0.25, 0.3) is 0 Å². The van der Waals surface area contributed by atoms with Crippen LogP contribution in [0.4, 0.5) is 44.6 Å². The zero-order valence-corrected chi connectivity index (χ0v) is 42.6. The molecule has 5 amide bonds. The second-order valence-corrected chi connectivity index (χ2v) is 20.2. The number of likely N-dealkylation sites (tertiary alicyclic amines) is 2. The molecule has 0 spiro atoms. The number of carbonyl (C=O) groups excluding carboxylic acids is 6. The number of amides is 5. The van der Waals surface area contributed by atoms with Crippen LogP contribution in [0.15, 0.2) is 84.9 Å². The summed E-state index contributed by atoms with van der Waals surface area (Å²) in [6, 6.07) is 20.7. The van der Waals surface area contributed by atoms with Gasteiger partial charge in [0.2, 0.25) is 0 Å². The highest BCUT2D eigenvalue weighted by atomic mass is 35.5. The zero-order valence-electron chi connectivity index (χ0n) is 40.3. The monoisotopic (exact) mass is 1070 g/mol. The van der Waals surface area contributed by atoms with Gasteiger partial charge in [0, 0.05) is 91.8 Å². The summed E-state index contributed by atoms with van der Waals surface area (Å²) in [6.07, 6.45) is 13.5. The van der Waals surface area contributed by atoms with Gasteiger partial charge >= 0.3 is 18.2 Å². The van der Waals surface area contributed by atoms with E-state index in [9.17, 15) is 41.9 Å². The summed E-state index contributed by atoms with van der Waals surface area (Å²) in [6.45, 7) is 1.81. The predicted molar refractivity (Wildman–Crippen MR) is 276 cm³/mol. The predicted octanol–water partition coefficient (Wildman–Crippen LogP) is 12.9. The summed E-state index contributed by atoms with van der Waals surface area (Å²) in [4.78, 5) is 75.4. The Bertz CT molecular complexity index is 2510. The highest BCUT2D eigenvalue weighted by Crippen LogP contribution is 2.36. The summed E-state index contributed by atoms with van der Waals surface area (Å²) in [5.41, 5.74) is 1.28. The fraction of sp³-hybridized carbons (Fsp3) is 0.444. The Balaban J connectivity index is 0.000000146. The van der Waals surface area contributed by atoms with Gasteiger partial charge in [-0.15, -0.1) is 0 Å². The lowest BCUT2D eigenvalue weighted by Gasteiger charge is -2.42. The topological polar surface area (TPSA) is 166 Å². The molecular formula is C54H60Cl3F3N6O7. The van der Waals surface area contributed by atoms with Crippen LogP contribution in [0.2, 0.25) is 15.1 Å². The molecule has 6 aliphatic rings. The van der Waals surface area contributed by atoms with Crippen molar-refractivity contribution in [1.29, 1.82) is 0 Å². The van der Waals surface area contributed by atoms with Crippen LogP contribution < -0.4 is 26.0 Å². The number of nitrogens with zero attached hydrogens (tertiary/aromatic N) is 2. The number of anilines is 3. The molecule has 2 unspecified atom stereocenters. The lowest BCUT2D eigenvalue weighted by Crippen LogP contribution is -2.54. The van der Waals surface area contributed by atoms with Crippen LogP contribution in [0.3, 0.4) is 0 Å². The minimum absolute atomic E-state index is 0.00841. The van der Waals surface area contributed by atoms with Gasteiger partial charge in [-0.1, -0.05) is 91.5 Å². The van der Waals surface area contributed by atoms with Gasteiger partial charge in [-0.05, 0) is 105 Å². The quantitative estimate of drug-likeness (QED) is 0.157. The molecular weight excluding hydrogens is 1010 g/mol. The van der Waals surface area contributed by atoms with Crippen molar-refractivity contribution in [1.82, 2.24) is 15.1 Å². The van der Waals surface area contributed by atoms with Crippen molar-refractivity contribution in [2.45, 2.75) is 114 Å². The van der Waals surface area contributed by atoms with Crippen molar-refractivity contribution >= 4 is 87.4 Å². The molecule has 0 aromatic heterocycles. The lowest BCUT2D eigenvalue weighted by atomic mass is 9.77. The van der Waals surface area contributed by atoms with Crippen molar-refractivity contribution in [3.63, 3.8) is 0 Å². The molecule has 4 aromatic rings. The molecule has 73 heavy (non-hydrogen) atoms. The Kier molecular flexibility index (Phi) is 20.0. The number of hydrogen-bond acceptors (Lipinski definition) is 8. The Hall–Kier alpha value is -5.68. The van der Waals surface area contributed by atoms with E-state index in [-0.39, 0.29) is 62.6 Å². The Morgan fingerprint density at radius 3 is 1.38 bits per heavy atom. The van der Waals surface area contributed by atoms with E-state index < -0.39 is 23.5 Å². The van der Waals surface area contributed by atoms with Crippen molar-refractivity contribution in [2.75, 3.05) is 35.6 Å². The highest BCUT2D eigenvalue weighted by molar-refractivity contribution is 6.31. The normalized spacial score (nSPS) is 23.2. The number of Topliss-reactive ketones (excluding diaryl/α,β-unsaturated/α-hetero) is 3. The third-order valence-corrected chi connectivity index (χ3v) is 15.1. The number of halogens is 6. The summed E-state index contributed by atoms with van der Waals surface area (Å²) in [7, 11) is 0. The van der Waals surface area contributed by atoms with E-state index in [0.29, 0.717) is 66.5 Å². The second kappa shape index (κ2) is 26.5. The van der Waals surface area contributed by atoms with Crippen molar-refractivity contribution in [2.24, 2.45) is 17.8 Å². The minimum atomic E-state index is -0.663. The molecule has 3 saturated heterocycles. The SMILES string of the molecule is O=C(Nc1ccc(F)c(Cl)c1)Oc1ccccc1.O=C1CCN(C(=O)Nc2ccc(F)c(Cl)c2)[C@@H]2CCCC[C@H]12.O=C1CCN(C(=O)Nc2ccc(F)c(Cl)c2)[C@H]2CCCC[C@H]12.O=C1CCNC2CCCCC12. The fourth-order valence-corrected chi connectivity index (χ4v) is 11.1. The molecule has 3 saturated carbocycles. The molecule has 0 bridgehead atoms. The molecule has 4 N–H and O–H groups in total. The second-order valence-electron chi connectivity index (χ2n) is 19.0. The maximum Gasteiger partial charge on any atom is 0.417 e. The average molecular weight is 1070 g/mol. The first kappa shape index (κ1) is 55.1. The number of nitrogens with one attached hydrogen (secondary N) is 4. The van der Waals surface area contributed by atoms with E-state index in [1.807, 2.05) is 6.07 Å². The number of rotatable bonds is 4. The third kappa shape index (κ3) is 15.2. The first-order valence-electron chi connectivity index (χ1n) is 25.0. The molecule has 10 rings (SSSR count). The molecule has 0 radical (unpaired) electrons. The van der Waals surface area contributed by atoms with E-state index in [4.69, 9.17) is 39.5 Å². The number of carbonyl (C=O) groups is 6. The van der Waals surface area contributed by atoms with Gasteiger partial charge in [0.15, 0.2) is 0 Å². The van der Waals surface area contributed by atoms with Crippen molar-refractivity contribution < 1.29 is 46.7 Å². The lowest BCUT2D eigenvalue weighted by molar-refractivity contribution is -0.129. The van der Waals surface area contributed by atoms with E-state index in [2.05, 4.69) is 21.3 Å². The van der Waals surface area contributed by atoms with Crippen LogP contribution in [0.1, 0.15) is 96.3 Å². The summed E-state index contributed by atoms with van der Waals surface area (Å²) in [5, 5.41) is 11.3. The molecule has 4 aromatic carbocycles. The van der Waals surface area contributed by atoms with Gasteiger partial charge in [0.1, 0.15) is 40.6 Å².